The Labute approximate surface area is 98.6 Å². The lowest BCUT2D eigenvalue weighted by Gasteiger charge is -2.18. The highest BCUT2D eigenvalue weighted by atomic mass is 16.2. The van der Waals surface area contributed by atoms with Crippen molar-refractivity contribution in [2.45, 2.75) is 51.5 Å². The molecule has 1 heterocycles. The fraction of sp³-hybridized carbons (Fsp3) is 0.923. The van der Waals surface area contributed by atoms with Gasteiger partial charge in [-0.05, 0) is 25.2 Å². The summed E-state index contributed by atoms with van der Waals surface area (Å²) in [6.07, 6.45) is 7.57. The molecule has 0 spiro atoms. The maximum absolute atomic E-state index is 11.9. The monoisotopic (exact) mass is 224 g/mol. The van der Waals surface area contributed by atoms with Crippen molar-refractivity contribution in [3.63, 3.8) is 0 Å². The maximum Gasteiger partial charge on any atom is 0.236 e. The second-order valence-electron chi connectivity index (χ2n) is 5.26. The minimum Gasteiger partial charge on any atom is -0.341 e. The van der Waals surface area contributed by atoms with Gasteiger partial charge in [0.15, 0.2) is 0 Å². The summed E-state index contributed by atoms with van der Waals surface area (Å²) < 4.78 is 0. The van der Waals surface area contributed by atoms with E-state index in [1.165, 1.54) is 38.5 Å². The van der Waals surface area contributed by atoms with Gasteiger partial charge >= 0.3 is 0 Å². The van der Waals surface area contributed by atoms with Crippen molar-refractivity contribution < 1.29 is 4.79 Å². The first-order chi connectivity index (χ1) is 7.79. The average molecular weight is 224 g/mol. The third-order valence-electron chi connectivity index (χ3n) is 4.11. The molecule has 2 fully saturated rings. The van der Waals surface area contributed by atoms with Crippen LogP contribution in [0.25, 0.3) is 0 Å². The van der Waals surface area contributed by atoms with Crippen molar-refractivity contribution >= 4 is 5.91 Å². The third kappa shape index (κ3) is 2.97. The molecule has 0 aromatic rings. The van der Waals surface area contributed by atoms with E-state index in [2.05, 4.69) is 12.2 Å². The van der Waals surface area contributed by atoms with Crippen LogP contribution in [0, 0.1) is 5.92 Å². The van der Waals surface area contributed by atoms with Crippen LogP contribution in [0.3, 0.4) is 0 Å². The molecule has 1 saturated carbocycles. The van der Waals surface area contributed by atoms with Gasteiger partial charge in [0.1, 0.15) is 0 Å². The summed E-state index contributed by atoms with van der Waals surface area (Å²) in [6.45, 7) is 4.74. The summed E-state index contributed by atoms with van der Waals surface area (Å²) in [5.74, 6) is 1.05. The van der Waals surface area contributed by atoms with E-state index in [1.54, 1.807) is 0 Å². The molecule has 1 saturated heterocycles. The van der Waals surface area contributed by atoms with Crippen molar-refractivity contribution in [3.05, 3.63) is 0 Å². The quantitative estimate of drug-likeness (QED) is 0.789. The van der Waals surface area contributed by atoms with Crippen LogP contribution in [-0.2, 0) is 4.79 Å². The highest BCUT2D eigenvalue weighted by molar-refractivity contribution is 5.78. The molecular formula is C13H24N2O. The molecule has 1 N–H and O–H groups in total. The summed E-state index contributed by atoms with van der Waals surface area (Å²) in [4.78, 5) is 14.0. The number of likely N-dealkylation sites (tertiary alicyclic amines) is 1. The van der Waals surface area contributed by atoms with Gasteiger partial charge in [-0.1, -0.05) is 26.2 Å². The Hall–Kier alpha value is -0.570. The molecule has 1 aliphatic heterocycles. The lowest BCUT2D eigenvalue weighted by atomic mass is 10.1. The summed E-state index contributed by atoms with van der Waals surface area (Å²) in [5.41, 5.74) is 0. The molecule has 1 unspecified atom stereocenters. The number of amides is 1. The topological polar surface area (TPSA) is 32.3 Å². The van der Waals surface area contributed by atoms with E-state index < -0.39 is 0 Å². The van der Waals surface area contributed by atoms with E-state index >= 15 is 0 Å². The Morgan fingerprint density at radius 2 is 2.06 bits per heavy atom. The van der Waals surface area contributed by atoms with Crippen molar-refractivity contribution in [2.75, 3.05) is 19.6 Å². The van der Waals surface area contributed by atoms with Crippen LogP contribution >= 0.6 is 0 Å². The molecule has 3 nitrogen and oxygen atoms in total. The molecule has 0 radical (unpaired) electrons. The van der Waals surface area contributed by atoms with Crippen LogP contribution < -0.4 is 5.32 Å². The number of rotatable bonds is 4. The zero-order valence-corrected chi connectivity index (χ0v) is 10.4. The highest BCUT2D eigenvalue weighted by Gasteiger charge is 2.25. The molecule has 0 aromatic heterocycles. The number of carbonyl (C=O) groups is 1. The van der Waals surface area contributed by atoms with Gasteiger partial charge in [-0.15, -0.1) is 0 Å². The Balaban J connectivity index is 1.67. The Bertz CT molecular complexity index is 236. The molecule has 1 aliphatic carbocycles. The second-order valence-corrected chi connectivity index (χ2v) is 5.26. The first kappa shape index (κ1) is 11.9. The van der Waals surface area contributed by atoms with Gasteiger partial charge in [0, 0.05) is 19.1 Å². The first-order valence-electron chi connectivity index (χ1n) is 6.80. The number of hydrogen-bond acceptors (Lipinski definition) is 2. The van der Waals surface area contributed by atoms with Crippen LogP contribution in [0.1, 0.15) is 45.4 Å². The van der Waals surface area contributed by atoms with Gasteiger partial charge in [0.2, 0.25) is 5.91 Å². The zero-order valence-electron chi connectivity index (χ0n) is 10.4. The zero-order chi connectivity index (χ0) is 11.4. The summed E-state index contributed by atoms with van der Waals surface area (Å²) in [6, 6.07) is 0.605. The van der Waals surface area contributed by atoms with Crippen LogP contribution in [0.15, 0.2) is 0 Å². The van der Waals surface area contributed by atoms with Gasteiger partial charge in [0.25, 0.3) is 0 Å². The van der Waals surface area contributed by atoms with Gasteiger partial charge in [-0.3, -0.25) is 4.79 Å². The second kappa shape index (κ2) is 5.67. The Morgan fingerprint density at radius 1 is 1.31 bits per heavy atom. The molecule has 1 amide bonds. The highest BCUT2D eigenvalue weighted by Crippen LogP contribution is 2.20. The molecule has 16 heavy (non-hydrogen) atoms. The maximum atomic E-state index is 11.9. The Kier molecular flexibility index (Phi) is 4.22. The average Bonchev–Trinajstić information content (AvgIpc) is 2.96. The smallest absolute Gasteiger partial charge is 0.236 e. The normalized spacial score (nSPS) is 26.6. The molecule has 2 aliphatic rings. The summed E-state index contributed by atoms with van der Waals surface area (Å²) in [5, 5.41) is 3.40. The van der Waals surface area contributed by atoms with E-state index in [0.29, 0.717) is 18.5 Å². The molecule has 0 bridgehead atoms. The van der Waals surface area contributed by atoms with E-state index in [9.17, 15) is 4.79 Å². The largest absolute Gasteiger partial charge is 0.341 e. The van der Waals surface area contributed by atoms with Gasteiger partial charge in [-0.2, -0.15) is 0 Å². The van der Waals surface area contributed by atoms with E-state index in [4.69, 9.17) is 0 Å². The van der Waals surface area contributed by atoms with Gasteiger partial charge in [0.05, 0.1) is 6.54 Å². The fourth-order valence-corrected chi connectivity index (χ4v) is 2.87. The molecule has 0 aromatic carbocycles. The fourth-order valence-electron chi connectivity index (χ4n) is 2.87. The van der Waals surface area contributed by atoms with Gasteiger partial charge in [-0.25, -0.2) is 0 Å². The van der Waals surface area contributed by atoms with E-state index in [-0.39, 0.29) is 0 Å². The lowest BCUT2D eigenvalue weighted by molar-refractivity contribution is -0.129. The molecule has 1 atom stereocenters. The van der Waals surface area contributed by atoms with Crippen molar-refractivity contribution in [2.24, 2.45) is 5.92 Å². The summed E-state index contributed by atoms with van der Waals surface area (Å²) in [7, 11) is 0. The van der Waals surface area contributed by atoms with Crippen molar-refractivity contribution in [3.8, 4) is 0 Å². The van der Waals surface area contributed by atoms with Crippen LogP contribution in [-0.4, -0.2) is 36.5 Å². The number of hydrogen-bond donors (Lipinski definition) is 1. The predicted molar refractivity (Wildman–Crippen MR) is 65.2 cm³/mol. The standard InChI is InChI=1S/C13H24N2O/c1-2-11-7-8-15(10-11)13(16)9-14-12-5-3-4-6-12/h11-12,14H,2-10H2,1H3. The minimum absolute atomic E-state index is 0.308. The van der Waals surface area contributed by atoms with Crippen LogP contribution in [0.2, 0.25) is 0 Å². The molecular weight excluding hydrogens is 200 g/mol. The van der Waals surface area contributed by atoms with Crippen LogP contribution in [0.5, 0.6) is 0 Å². The Morgan fingerprint density at radius 3 is 2.69 bits per heavy atom. The number of carbonyl (C=O) groups excluding carboxylic acids is 1. The van der Waals surface area contributed by atoms with E-state index in [0.717, 1.165) is 19.0 Å². The predicted octanol–water partition coefficient (Wildman–Crippen LogP) is 1.78. The number of nitrogens with one attached hydrogen (secondary N) is 1. The summed E-state index contributed by atoms with van der Waals surface area (Å²) >= 11 is 0. The minimum atomic E-state index is 0.308. The lowest BCUT2D eigenvalue weighted by Crippen LogP contribution is -2.40. The SMILES string of the molecule is CCC1CCN(C(=O)CNC2CCCC2)C1. The van der Waals surface area contributed by atoms with Crippen LogP contribution in [0.4, 0.5) is 0 Å². The van der Waals surface area contributed by atoms with Crippen molar-refractivity contribution in [1.29, 1.82) is 0 Å². The molecule has 2 rings (SSSR count). The molecule has 92 valence electrons. The first-order valence-corrected chi connectivity index (χ1v) is 6.80. The third-order valence-corrected chi connectivity index (χ3v) is 4.11. The molecule has 3 heteroatoms. The van der Waals surface area contributed by atoms with E-state index in [1.807, 2.05) is 4.90 Å². The van der Waals surface area contributed by atoms with Crippen molar-refractivity contribution in [1.82, 2.24) is 10.2 Å². The van der Waals surface area contributed by atoms with Gasteiger partial charge < -0.3 is 10.2 Å². The number of nitrogens with zero attached hydrogens (tertiary/aromatic N) is 1.